The van der Waals surface area contributed by atoms with Gasteiger partial charge in [-0.3, -0.25) is 4.79 Å². The first-order chi connectivity index (χ1) is 15.1. The van der Waals surface area contributed by atoms with Crippen LogP contribution in [0.15, 0.2) is 60.7 Å². The third-order valence-corrected chi connectivity index (χ3v) is 5.13. The van der Waals surface area contributed by atoms with Crippen LogP contribution in [0.4, 0.5) is 0 Å². The van der Waals surface area contributed by atoms with E-state index >= 15 is 0 Å². The van der Waals surface area contributed by atoms with Crippen molar-refractivity contribution in [2.24, 2.45) is 0 Å². The van der Waals surface area contributed by atoms with E-state index in [1.54, 1.807) is 7.11 Å². The van der Waals surface area contributed by atoms with Gasteiger partial charge in [-0.25, -0.2) is 0 Å². The molecule has 3 aromatic carbocycles. The zero-order chi connectivity index (χ0) is 22.1. The molecule has 0 unspecified atom stereocenters. The Balaban J connectivity index is 1.49. The zero-order valence-corrected chi connectivity index (χ0v) is 18.5. The molecule has 31 heavy (non-hydrogen) atoms. The summed E-state index contributed by atoms with van der Waals surface area (Å²) in [5.74, 6) is 2.11. The minimum Gasteiger partial charge on any atom is -0.493 e. The fraction of sp³-hybridized carbons (Fsp3) is 0.346. The Morgan fingerprint density at radius 3 is 2.52 bits per heavy atom. The summed E-state index contributed by atoms with van der Waals surface area (Å²) < 4.78 is 16.9. The summed E-state index contributed by atoms with van der Waals surface area (Å²) in [6, 6.07) is 20.0. The molecule has 0 heterocycles. The van der Waals surface area contributed by atoms with Gasteiger partial charge in [-0.2, -0.15) is 0 Å². The smallest absolute Gasteiger partial charge is 0.261 e. The first kappa shape index (κ1) is 22.5. The molecule has 1 N–H and O–H groups in total. The second kappa shape index (κ2) is 11.3. The van der Waals surface area contributed by atoms with Crippen molar-refractivity contribution in [1.29, 1.82) is 0 Å². The molecule has 0 aliphatic carbocycles. The summed E-state index contributed by atoms with van der Waals surface area (Å²) in [5, 5.41) is 5.25. The van der Waals surface area contributed by atoms with Crippen LogP contribution in [0, 0.1) is 0 Å². The minimum atomic E-state index is -0.508. The van der Waals surface area contributed by atoms with Gasteiger partial charge in [0.15, 0.2) is 17.6 Å². The highest BCUT2D eigenvalue weighted by Crippen LogP contribution is 2.28. The number of methoxy groups -OCH3 is 1. The second-order valence-corrected chi connectivity index (χ2v) is 7.34. The molecule has 1 atom stereocenters. The van der Waals surface area contributed by atoms with Crippen molar-refractivity contribution in [2.45, 2.75) is 39.2 Å². The maximum atomic E-state index is 12.6. The predicted octanol–water partition coefficient (Wildman–Crippen LogP) is 5.15. The van der Waals surface area contributed by atoms with Crippen LogP contribution in [0.5, 0.6) is 17.2 Å². The van der Waals surface area contributed by atoms with Crippen LogP contribution in [0.3, 0.4) is 0 Å². The lowest BCUT2D eigenvalue weighted by Crippen LogP contribution is -2.38. The van der Waals surface area contributed by atoms with Crippen molar-refractivity contribution >= 4 is 16.7 Å². The molecule has 0 spiro atoms. The molecule has 0 saturated carbocycles. The Morgan fingerprint density at radius 1 is 0.968 bits per heavy atom. The number of hydrogen-bond acceptors (Lipinski definition) is 4. The van der Waals surface area contributed by atoms with E-state index in [0.717, 1.165) is 40.7 Å². The van der Waals surface area contributed by atoms with Gasteiger partial charge in [-0.05, 0) is 66.8 Å². The van der Waals surface area contributed by atoms with Crippen LogP contribution < -0.4 is 19.5 Å². The van der Waals surface area contributed by atoms with Gasteiger partial charge in [-0.15, -0.1) is 0 Å². The van der Waals surface area contributed by atoms with Crippen LogP contribution in [0.1, 0.15) is 32.3 Å². The highest BCUT2D eigenvalue weighted by molar-refractivity contribution is 5.84. The standard InChI is InChI=1S/C26H31NO4/c1-4-23(31-22-14-13-20-10-6-7-11-21(20)18-22)26(28)27-16-8-9-19-12-15-24(30-5-2)25(17-19)29-3/h6-7,10-15,17-18,23H,4-5,8-9,16H2,1-3H3,(H,27,28)/t23-/m1/s1. The summed E-state index contributed by atoms with van der Waals surface area (Å²) in [6.45, 7) is 5.09. The van der Waals surface area contributed by atoms with Crippen molar-refractivity contribution in [1.82, 2.24) is 5.32 Å². The molecule has 1 amide bonds. The fourth-order valence-corrected chi connectivity index (χ4v) is 3.49. The van der Waals surface area contributed by atoms with Gasteiger partial charge < -0.3 is 19.5 Å². The number of amides is 1. The number of rotatable bonds is 11. The molecule has 0 radical (unpaired) electrons. The van der Waals surface area contributed by atoms with E-state index in [9.17, 15) is 4.79 Å². The number of nitrogens with one attached hydrogen (secondary N) is 1. The number of aryl methyl sites for hydroxylation is 1. The van der Waals surface area contributed by atoms with E-state index in [1.807, 2.05) is 68.4 Å². The predicted molar refractivity (Wildman–Crippen MR) is 124 cm³/mol. The zero-order valence-electron chi connectivity index (χ0n) is 18.5. The summed E-state index contributed by atoms with van der Waals surface area (Å²) in [6.07, 6.45) is 1.77. The Labute approximate surface area is 184 Å². The fourth-order valence-electron chi connectivity index (χ4n) is 3.49. The molecular weight excluding hydrogens is 390 g/mol. The summed E-state index contributed by atoms with van der Waals surface area (Å²) in [4.78, 5) is 12.6. The van der Waals surface area contributed by atoms with Gasteiger partial charge in [0.05, 0.1) is 13.7 Å². The topological polar surface area (TPSA) is 56.8 Å². The molecule has 0 saturated heterocycles. The van der Waals surface area contributed by atoms with E-state index in [2.05, 4.69) is 11.4 Å². The van der Waals surface area contributed by atoms with Gasteiger partial charge in [0.1, 0.15) is 5.75 Å². The van der Waals surface area contributed by atoms with E-state index < -0.39 is 6.10 Å². The minimum absolute atomic E-state index is 0.0834. The van der Waals surface area contributed by atoms with Crippen molar-refractivity contribution in [3.8, 4) is 17.2 Å². The van der Waals surface area contributed by atoms with Gasteiger partial charge >= 0.3 is 0 Å². The molecule has 0 aromatic heterocycles. The third-order valence-electron chi connectivity index (χ3n) is 5.13. The molecule has 3 rings (SSSR count). The summed E-state index contributed by atoms with van der Waals surface area (Å²) >= 11 is 0. The van der Waals surface area contributed by atoms with Crippen LogP contribution in [-0.2, 0) is 11.2 Å². The Kier molecular flexibility index (Phi) is 8.16. The van der Waals surface area contributed by atoms with Crippen molar-refractivity contribution in [2.75, 3.05) is 20.3 Å². The van der Waals surface area contributed by atoms with Gasteiger partial charge in [0.2, 0.25) is 0 Å². The number of benzene rings is 3. The first-order valence-electron chi connectivity index (χ1n) is 10.9. The molecular formula is C26H31NO4. The molecule has 5 heteroatoms. The highest BCUT2D eigenvalue weighted by atomic mass is 16.5. The SMILES string of the molecule is CCOc1ccc(CCCNC(=O)[C@@H](CC)Oc2ccc3ccccc3c2)cc1OC. The summed E-state index contributed by atoms with van der Waals surface area (Å²) in [7, 11) is 1.64. The van der Waals surface area contributed by atoms with Crippen LogP contribution in [-0.4, -0.2) is 32.3 Å². The monoisotopic (exact) mass is 421 g/mol. The number of carbonyl (C=O) groups excluding carboxylic acids is 1. The van der Waals surface area contributed by atoms with E-state index in [-0.39, 0.29) is 5.91 Å². The summed E-state index contributed by atoms with van der Waals surface area (Å²) in [5.41, 5.74) is 1.15. The average Bonchev–Trinajstić information content (AvgIpc) is 2.80. The van der Waals surface area contributed by atoms with E-state index in [4.69, 9.17) is 14.2 Å². The lowest BCUT2D eigenvalue weighted by atomic mass is 10.1. The van der Waals surface area contributed by atoms with Crippen LogP contribution in [0.2, 0.25) is 0 Å². The maximum absolute atomic E-state index is 12.6. The van der Waals surface area contributed by atoms with E-state index in [0.29, 0.717) is 25.3 Å². The lowest BCUT2D eigenvalue weighted by molar-refractivity contribution is -0.128. The second-order valence-electron chi connectivity index (χ2n) is 7.34. The Bertz CT molecular complexity index is 1000. The molecule has 164 valence electrons. The average molecular weight is 422 g/mol. The van der Waals surface area contributed by atoms with Gasteiger partial charge in [-0.1, -0.05) is 43.3 Å². The molecule has 0 aliphatic rings. The number of fused-ring (bicyclic) bond motifs is 1. The van der Waals surface area contributed by atoms with Crippen LogP contribution in [0.25, 0.3) is 10.8 Å². The Hall–Kier alpha value is -3.21. The Morgan fingerprint density at radius 2 is 1.77 bits per heavy atom. The number of carbonyl (C=O) groups is 1. The molecule has 0 fully saturated rings. The number of hydrogen-bond donors (Lipinski definition) is 1. The maximum Gasteiger partial charge on any atom is 0.261 e. The third kappa shape index (κ3) is 6.14. The normalized spacial score (nSPS) is 11.7. The van der Waals surface area contributed by atoms with Gasteiger partial charge in [0, 0.05) is 6.54 Å². The number of ether oxygens (including phenoxy) is 3. The lowest BCUT2D eigenvalue weighted by Gasteiger charge is -2.18. The van der Waals surface area contributed by atoms with Crippen LogP contribution >= 0.6 is 0 Å². The largest absolute Gasteiger partial charge is 0.493 e. The molecule has 0 bridgehead atoms. The molecule has 3 aromatic rings. The van der Waals surface area contributed by atoms with E-state index in [1.165, 1.54) is 0 Å². The van der Waals surface area contributed by atoms with Crippen molar-refractivity contribution in [3.63, 3.8) is 0 Å². The first-order valence-corrected chi connectivity index (χ1v) is 10.9. The quantitative estimate of drug-likeness (QED) is 0.435. The highest BCUT2D eigenvalue weighted by Gasteiger charge is 2.18. The van der Waals surface area contributed by atoms with Crippen molar-refractivity contribution < 1.29 is 19.0 Å². The molecule has 5 nitrogen and oxygen atoms in total. The van der Waals surface area contributed by atoms with Gasteiger partial charge in [0.25, 0.3) is 5.91 Å². The van der Waals surface area contributed by atoms with Crippen molar-refractivity contribution in [3.05, 3.63) is 66.2 Å². The molecule has 0 aliphatic heterocycles.